The van der Waals surface area contributed by atoms with Gasteiger partial charge in [-0.15, -0.1) is 0 Å². The third kappa shape index (κ3) is 3.16. The Morgan fingerprint density at radius 2 is 1.45 bits per heavy atom. The molecule has 0 aromatic heterocycles. The molecular weight excluding hydrogens is 146 g/mol. The zero-order valence-corrected chi connectivity index (χ0v) is 6.66. The fourth-order valence-corrected chi connectivity index (χ4v) is 0.864. The molecule has 0 saturated heterocycles. The summed E-state index contributed by atoms with van der Waals surface area (Å²) in [5.41, 5.74) is 4.52. The number of nitrogens with two attached hydrogens (primary N) is 1. The van der Waals surface area contributed by atoms with Gasteiger partial charge in [0.2, 0.25) is 0 Å². The van der Waals surface area contributed by atoms with E-state index in [1.807, 2.05) is 0 Å². The van der Waals surface area contributed by atoms with E-state index in [-0.39, 0.29) is 19.8 Å². The zero-order chi connectivity index (χ0) is 8.74. The monoisotopic (exact) mass is 163 g/mol. The van der Waals surface area contributed by atoms with Crippen LogP contribution in [0.5, 0.6) is 0 Å². The lowest BCUT2D eigenvalue weighted by Crippen LogP contribution is -2.34. The van der Waals surface area contributed by atoms with Crippen LogP contribution in [-0.4, -0.2) is 41.7 Å². The molecule has 0 radical (unpaired) electrons. The first kappa shape index (κ1) is 10.8. The molecule has 0 fully saturated rings. The van der Waals surface area contributed by atoms with Gasteiger partial charge in [0.1, 0.15) is 0 Å². The van der Waals surface area contributed by atoms with E-state index in [1.165, 1.54) is 0 Å². The number of hydrogen-bond acceptors (Lipinski definition) is 4. The van der Waals surface area contributed by atoms with Crippen molar-refractivity contribution in [2.24, 2.45) is 11.1 Å². The Morgan fingerprint density at radius 3 is 1.73 bits per heavy atom. The average molecular weight is 163 g/mol. The van der Waals surface area contributed by atoms with Crippen LogP contribution in [0.4, 0.5) is 0 Å². The van der Waals surface area contributed by atoms with Crippen LogP contribution in [0.2, 0.25) is 0 Å². The van der Waals surface area contributed by atoms with E-state index in [4.69, 9.17) is 21.1 Å². The molecule has 0 rings (SSSR count). The highest BCUT2D eigenvalue weighted by Crippen LogP contribution is 2.21. The summed E-state index contributed by atoms with van der Waals surface area (Å²) in [6, 6.07) is 0. The lowest BCUT2D eigenvalue weighted by Gasteiger charge is -2.26. The minimum absolute atomic E-state index is 0.194. The van der Waals surface area contributed by atoms with Gasteiger partial charge in [-0.3, -0.25) is 0 Å². The SMILES string of the molecule is NCCCC(CO)(CO)CO. The third-order valence-corrected chi connectivity index (χ3v) is 1.92. The van der Waals surface area contributed by atoms with Crippen LogP contribution in [0.25, 0.3) is 0 Å². The lowest BCUT2D eigenvalue weighted by molar-refractivity contribution is -0.00140. The van der Waals surface area contributed by atoms with Crippen molar-refractivity contribution in [1.82, 2.24) is 0 Å². The summed E-state index contributed by atoms with van der Waals surface area (Å²) < 4.78 is 0. The zero-order valence-electron chi connectivity index (χ0n) is 6.66. The molecule has 4 nitrogen and oxygen atoms in total. The van der Waals surface area contributed by atoms with Gasteiger partial charge in [0.25, 0.3) is 0 Å². The second-order valence-corrected chi connectivity index (χ2v) is 2.87. The van der Waals surface area contributed by atoms with Crippen molar-refractivity contribution in [2.45, 2.75) is 12.8 Å². The van der Waals surface area contributed by atoms with Crippen molar-refractivity contribution in [2.75, 3.05) is 26.4 Å². The predicted octanol–water partition coefficient (Wildman–Crippen LogP) is -1.31. The Labute approximate surface area is 66.7 Å². The average Bonchev–Trinajstić information content (AvgIpc) is 2.08. The summed E-state index contributed by atoms with van der Waals surface area (Å²) in [4.78, 5) is 0. The van der Waals surface area contributed by atoms with E-state index in [9.17, 15) is 0 Å². The van der Waals surface area contributed by atoms with E-state index in [1.54, 1.807) is 0 Å². The van der Waals surface area contributed by atoms with E-state index in [0.717, 1.165) is 0 Å². The maximum atomic E-state index is 8.84. The third-order valence-electron chi connectivity index (χ3n) is 1.92. The number of aliphatic hydroxyl groups excluding tert-OH is 3. The van der Waals surface area contributed by atoms with Gasteiger partial charge in [-0.1, -0.05) is 0 Å². The fraction of sp³-hybridized carbons (Fsp3) is 1.00. The van der Waals surface area contributed by atoms with Crippen LogP contribution in [0.3, 0.4) is 0 Å². The van der Waals surface area contributed by atoms with E-state index >= 15 is 0 Å². The molecular formula is C7H17NO3. The van der Waals surface area contributed by atoms with Crippen molar-refractivity contribution >= 4 is 0 Å². The molecule has 0 aromatic carbocycles. The summed E-state index contributed by atoms with van der Waals surface area (Å²) in [6.07, 6.45) is 1.27. The normalized spacial score (nSPS) is 12.0. The van der Waals surface area contributed by atoms with Crippen LogP contribution in [0.1, 0.15) is 12.8 Å². The van der Waals surface area contributed by atoms with E-state index < -0.39 is 5.41 Å². The van der Waals surface area contributed by atoms with Crippen LogP contribution >= 0.6 is 0 Å². The van der Waals surface area contributed by atoms with Gasteiger partial charge < -0.3 is 21.1 Å². The van der Waals surface area contributed by atoms with Crippen molar-refractivity contribution < 1.29 is 15.3 Å². The molecule has 0 atom stereocenters. The largest absolute Gasteiger partial charge is 0.396 e. The highest BCUT2D eigenvalue weighted by Gasteiger charge is 2.26. The van der Waals surface area contributed by atoms with E-state index in [2.05, 4.69) is 0 Å². The standard InChI is InChI=1S/C7H17NO3/c8-3-1-2-7(4-9,5-10)6-11/h9-11H,1-6,8H2. The van der Waals surface area contributed by atoms with Crippen LogP contribution in [0.15, 0.2) is 0 Å². The van der Waals surface area contributed by atoms with Gasteiger partial charge in [-0.2, -0.15) is 0 Å². The van der Waals surface area contributed by atoms with Crippen LogP contribution in [0, 0.1) is 5.41 Å². The molecule has 0 aliphatic carbocycles. The highest BCUT2D eigenvalue weighted by atomic mass is 16.3. The van der Waals surface area contributed by atoms with Gasteiger partial charge >= 0.3 is 0 Å². The number of hydrogen-bond donors (Lipinski definition) is 4. The first-order valence-electron chi connectivity index (χ1n) is 3.77. The second-order valence-electron chi connectivity index (χ2n) is 2.87. The first-order chi connectivity index (χ1) is 5.24. The molecule has 0 unspecified atom stereocenters. The molecule has 0 bridgehead atoms. The number of aliphatic hydroxyl groups is 3. The predicted molar refractivity (Wildman–Crippen MR) is 42.0 cm³/mol. The minimum atomic E-state index is -0.737. The molecule has 0 amide bonds. The molecule has 0 aromatic rings. The van der Waals surface area contributed by atoms with Gasteiger partial charge in [-0.05, 0) is 19.4 Å². The second kappa shape index (κ2) is 5.49. The van der Waals surface area contributed by atoms with Crippen molar-refractivity contribution in [3.63, 3.8) is 0 Å². The summed E-state index contributed by atoms with van der Waals surface area (Å²) in [5.74, 6) is 0. The summed E-state index contributed by atoms with van der Waals surface area (Å²) >= 11 is 0. The van der Waals surface area contributed by atoms with Crippen LogP contribution < -0.4 is 5.73 Å². The van der Waals surface area contributed by atoms with Gasteiger partial charge in [-0.25, -0.2) is 0 Å². The molecule has 5 N–H and O–H groups in total. The summed E-state index contributed by atoms with van der Waals surface area (Å²) in [7, 11) is 0. The Kier molecular flexibility index (Phi) is 5.41. The van der Waals surface area contributed by atoms with Gasteiger partial charge in [0.05, 0.1) is 19.8 Å². The maximum absolute atomic E-state index is 8.84. The Bertz CT molecular complexity index is 85.4. The molecule has 4 heteroatoms. The first-order valence-corrected chi connectivity index (χ1v) is 3.77. The Hall–Kier alpha value is -0.160. The molecule has 0 saturated carbocycles. The van der Waals surface area contributed by atoms with Crippen molar-refractivity contribution in [3.05, 3.63) is 0 Å². The lowest BCUT2D eigenvalue weighted by atomic mass is 9.86. The maximum Gasteiger partial charge on any atom is 0.0531 e. The molecule has 0 spiro atoms. The molecule has 68 valence electrons. The Balaban J connectivity index is 3.84. The minimum Gasteiger partial charge on any atom is -0.396 e. The highest BCUT2D eigenvalue weighted by molar-refractivity contribution is 4.76. The molecule has 0 aliphatic rings. The van der Waals surface area contributed by atoms with E-state index in [0.29, 0.717) is 19.4 Å². The van der Waals surface area contributed by atoms with Crippen molar-refractivity contribution in [3.8, 4) is 0 Å². The fourth-order valence-electron chi connectivity index (χ4n) is 0.864. The number of rotatable bonds is 6. The summed E-state index contributed by atoms with van der Waals surface area (Å²) in [5, 5.41) is 26.5. The van der Waals surface area contributed by atoms with Gasteiger partial charge in [0, 0.05) is 5.41 Å². The Morgan fingerprint density at radius 1 is 1.00 bits per heavy atom. The topological polar surface area (TPSA) is 86.7 Å². The summed E-state index contributed by atoms with van der Waals surface area (Å²) in [6.45, 7) is -0.0677. The van der Waals surface area contributed by atoms with Crippen LogP contribution in [-0.2, 0) is 0 Å². The van der Waals surface area contributed by atoms with Crippen molar-refractivity contribution in [1.29, 1.82) is 0 Å². The quantitative estimate of drug-likeness (QED) is 0.391. The smallest absolute Gasteiger partial charge is 0.0531 e. The molecule has 11 heavy (non-hydrogen) atoms. The van der Waals surface area contributed by atoms with Gasteiger partial charge in [0.15, 0.2) is 0 Å². The molecule has 0 aliphatic heterocycles. The molecule has 0 heterocycles.